The summed E-state index contributed by atoms with van der Waals surface area (Å²) in [7, 11) is 1.48. The number of carbonyl (C=O) groups is 1. The third-order valence-corrected chi connectivity index (χ3v) is 3.87. The van der Waals surface area contributed by atoms with Crippen LogP contribution in [0.1, 0.15) is 38.4 Å². The Morgan fingerprint density at radius 1 is 1.50 bits per heavy atom. The van der Waals surface area contributed by atoms with E-state index in [2.05, 4.69) is 0 Å². The first-order valence-electron chi connectivity index (χ1n) is 6.75. The molecule has 0 saturated carbocycles. The van der Waals surface area contributed by atoms with Gasteiger partial charge < -0.3 is 14.9 Å². The fraction of sp³-hybridized carbons (Fsp3) is 0.533. The van der Waals surface area contributed by atoms with Gasteiger partial charge in [0.25, 0.3) is 0 Å². The number of benzene rings is 1. The monoisotopic (exact) mass is 279 g/mol. The minimum Gasteiger partial charge on any atom is -0.393 e. The van der Waals surface area contributed by atoms with Crippen LogP contribution < -0.4 is 4.90 Å². The number of para-hydroxylation sites is 1. The summed E-state index contributed by atoms with van der Waals surface area (Å²) in [5.74, 6) is -0.193. The second-order valence-electron chi connectivity index (χ2n) is 5.25. The molecule has 3 unspecified atom stereocenters. The molecule has 5 nitrogen and oxygen atoms in total. The number of amides is 1. The number of ether oxygens (including phenoxy) is 1. The van der Waals surface area contributed by atoms with Crippen molar-refractivity contribution in [3.63, 3.8) is 0 Å². The zero-order chi connectivity index (χ0) is 14.9. The lowest BCUT2D eigenvalue weighted by atomic mass is 9.96. The average Bonchev–Trinajstić information content (AvgIpc) is 2.67. The van der Waals surface area contributed by atoms with Crippen LogP contribution in [0.4, 0.5) is 5.69 Å². The molecule has 20 heavy (non-hydrogen) atoms. The van der Waals surface area contributed by atoms with Gasteiger partial charge in [0.05, 0.1) is 11.8 Å². The zero-order valence-electron chi connectivity index (χ0n) is 12.0. The van der Waals surface area contributed by atoms with Crippen molar-refractivity contribution in [1.29, 1.82) is 0 Å². The highest BCUT2D eigenvalue weighted by Gasteiger charge is 2.53. The van der Waals surface area contributed by atoms with E-state index in [4.69, 9.17) is 4.74 Å². The Morgan fingerprint density at radius 3 is 2.70 bits per heavy atom. The second kappa shape index (κ2) is 5.52. The summed E-state index contributed by atoms with van der Waals surface area (Å²) < 4.78 is 5.56. The third kappa shape index (κ3) is 2.22. The highest BCUT2D eigenvalue weighted by atomic mass is 16.5. The first-order chi connectivity index (χ1) is 9.44. The molecule has 0 bridgehead atoms. The largest absolute Gasteiger partial charge is 0.393 e. The van der Waals surface area contributed by atoms with Gasteiger partial charge >= 0.3 is 0 Å². The van der Waals surface area contributed by atoms with Crippen LogP contribution >= 0.6 is 0 Å². The number of hydrogen-bond acceptors (Lipinski definition) is 4. The Labute approximate surface area is 118 Å². The number of carbonyl (C=O) groups excluding carboxylic acids is 1. The highest BCUT2D eigenvalue weighted by Crippen LogP contribution is 2.49. The lowest BCUT2D eigenvalue weighted by Crippen LogP contribution is -2.53. The summed E-state index contributed by atoms with van der Waals surface area (Å²) in [6.07, 6.45) is -0.655. The first-order valence-corrected chi connectivity index (χ1v) is 6.75. The third-order valence-electron chi connectivity index (χ3n) is 3.87. The van der Waals surface area contributed by atoms with Crippen molar-refractivity contribution in [2.75, 3.05) is 12.0 Å². The van der Waals surface area contributed by atoms with E-state index < -0.39 is 17.9 Å². The molecule has 0 spiro atoms. The molecular formula is C15H21NO4. The second-order valence-corrected chi connectivity index (χ2v) is 5.25. The lowest BCUT2D eigenvalue weighted by Gasteiger charge is -2.39. The van der Waals surface area contributed by atoms with Crippen LogP contribution in [0.3, 0.4) is 0 Å². The van der Waals surface area contributed by atoms with E-state index in [-0.39, 0.29) is 5.91 Å². The Balaban J connectivity index is 2.48. The van der Waals surface area contributed by atoms with E-state index in [1.54, 1.807) is 19.1 Å². The van der Waals surface area contributed by atoms with Gasteiger partial charge in [-0.3, -0.25) is 9.69 Å². The summed E-state index contributed by atoms with van der Waals surface area (Å²) in [5, 5.41) is 20.1. The molecule has 0 radical (unpaired) electrons. The van der Waals surface area contributed by atoms with Crippen LogP contribution in [0.2, 0.25) is 0 Å². The molecule has 1 aromatic rings. The molecule has 1 amide bonds. The number of anilines is 1. The summed E-state index contributed by atoms with van der Waals surface area (Å²) in [5.41, 5.74) is 0.196. The van der Waals surface area contributed by atoms with Crippen molar-refractivity contribution < 1.29 is 19.7 Å². The molecule has 0 aliphatic carbocycles. The topological polar surface area (TPSA) is 70.0 Å². The van der Waals surface area contributed by atoms with Crippen LogP contribution in [-0.4, -0.2) is 35.1 Å². The molecule has 2 rings (SSSR count). The van der Waals surface area contributed by atoms with Crippen molar-refractivity contribution in [3.05, 3.63) is 29.8 Å². The molecule has 1 heterocycles. The van der Waals surface area contributed by atoms with Gasteiger partial charge in [-0.15, -0.1) is 0 Å². The molecular weight excluding hydrogens is 258 g/mol. The highest BCUT2D eigenvalue weighted by molar-refractivity contribution is 5.95. The Bertz CT molecular complexity index is 502. The number of methoxy groups -OCH3 is 1. The van der Waals surface area contributed by atoms with Crippen LogP contribution in [0.15, 0.2) is 24.3 Å². The van der Waals surface area contributed by atoms with E-state index in [0.29, 0.717) is 24.1 Å². The van der Waals surface area contributed by atoms with Gasteiger partial charge in [-0.25, -0.2) is 0 Å². The minimum atomic E-state index is -1.15. The summed E-state index contributed by atoms with van der Waals surface area (Å²) in [6.45, 7) is 3.13. The van der Waals surface area contributed by atoms with Crippen molar-refractivity contribution in [2.45, 2.75) is 44.6 Å². The summed E-state index contributed by atoms with van der Waals surface area (Å²) in [4.78, 5) is 13.5. The predicted octanol–water partition coefficient (Wildman–Crippen LogP) is 1.59. The quantitative estimate of drug-likeness (QED) is 0.878. The van der Waals surface area contributed by atoms with Crippen molar-refractivity contribution in [2.24, 2.45) is 0 Å². The minimum absolute atomic E-state index is 0.193. The maximum absolute atomic E-state index is 12.0. The van der Waals surface area contributed by atoms with Crippen LogP contribution in [0.5, 0.6) is 0 Å². The standard InChI is InChI=1S/C15H21NO4/c1-10(17)8-9-15(20-3)14(19)12-6-4-5-7-13(12)16(15)11(2)18/h4-7,10,14,17,19H,8-9H2,1-3H3. The van der Waals surface area contributed by atoms with Gasteiger partial charge in [0.1, 0.15) is 6.10 Å². The zero-order valence-corrected chi connectivity index (χ0v) is 12.0. The SMILES string of the molecule is COC1(CCC(C)O)C(O)c2ccccc2N1C(C)=O. The molecule has 0 saturated heterocycles. The smallest absolute Gasteiger partial charge is 0.226 e. The van der Waals surface area contributed by atoms with Gasteiger partial charge in [0, 0.05) is 26.0 Å². The maximum atomic E-state index is 12.0. The molecule has 110 valence electrons. The number of fused-ring (bicyclic) bond motifs is 1. The van der Waals surface area contributed by atoms with E-state index in [1.165, 1.54) is 18.9 Å². The van der Waals surface area contributed by atoms with Crippen molar-refractivity contribution >= 4 is 11.6 Å². The van der Waals surface area contributed by atoms with Crippen molar-refractivity contribution in [1.82, 2.24) is 0 Å². The number of aliphatic hydroxyl groups excluding tert-OH is 2. The van der Waals surface area contributed by atoms with E-state index >= 15 is 0 Å². The number of aliphatic hydroxyl groups is 2. The molecule has 2 N–H and O–H groups in total. The van der Waals surface area contributed by atoms with Crippen LogP contribution in [0.25, 0.3) is 0 Å². The maximum Gasteiger partial charge on any atom is 0.226 e. The normalized spacial score (nSPS) is 26.4. The first kappa shape index (κ1) is 15.0. The number of rotatable bonds is 4. The van der Waals surface area contributed by atoms with Gasteiger partial charge in [-0.1, -0.05) is 18.2 Å². The van der Waals surface area contributed by atoms with E-state index in [0.717, 1.165) is 0 Å². The Hall–Kier alpha value is -1.43. The average molecular weight is 279 g/mol. The van der Waals surface area contributed by atoms with Gasteiger partial charge in [0.15, 0.2) is 5.72 Å². The molecule has 1 aliphatic rings. The van der Waals surface area contributed by atoms with E-state index in [1.807, 2.05) is 12.1 Å². The predicted molar refractivity (Wildman–Crippen MR) is 75.2 cm³/mol. The Kier molecular flexibility index (Phi) is 4.13. The van der Waals surface area contributed by atoms with Gasteiger partial charge in [-0.05, 0) is 19.4 Å². The molecule has 3 atom stereocenters. The molecule has 1 aromatic carbocycles. The summed E-state index contributed by atoms with van der Waals surface area (Å²) >= 11 is 0. The number of hydrogen-bond donors (Lipinski definition) is 2. The van der Waals surface area contributed by atoms with Crippen LogP contribution in [0, 0.1) is 0 Å². The fourth-order valence-electron chi connectivity index (χ4n) is 2.90. The lowest BCUT2D eigenvalue weighted by molar-refractivity contribution is -0.135. The molecule has 1 aliphatic heterocycles. The van der Waals surface area contributed by atoms with E-state index in [9.17, 15) is 15.0 Å². The molecule has 5 heteroatoms. The van der Waals surface area contributed by atoms with Gasteiger partial charge in [0.2, 0.25) is 5.91 Å². The van der Waals surface area contributed by atoms with Crippen molar-refractivity contribution in [3.8, 4) is 0 Å². The summed E-state index contributed by atoms with van der Waals surface area (Å²) in [6, 6.07) is 7.23. The molecule has 0 aromatic heterocycles. The van der Waals surface area contributed by atoms with Gasteiger partial charge in [-0.2, -0.15) is 0 Å². The number of nitrogens with zero attached hydrogens (tertiary/aromatic N) is 1. The molecule has 0 fully saturated rings. The van der Waals surface area contributed by atoms with Crippen LogP contribution in [-0.2, 0) is 9.53 Å². The fourth-order valence-corrected chi connectivity index (χ4v) is 2.90. The Morgan fingerprint density at radius 2 is 2.15 bits per heavy atom.